The van der Waals surface area contributed by atoms with E-state index in [9.17, 15) is 9.59 Å². The first-order valence-electron chi connectivity index (χ1n) is 11.5. The molecule has 174 valence electrons. The lowest BCUT2D eigenvalue weighted by molar-refractivity contribution is -0.139. The summed E-state index contributed by atoms with van der Waals surface area (Å²) in [7, 11) is 0. The number of benzene rings is 2. The second-order valence-electron chi connectivity index (χ2n) is 8.13. The molecular formula is C30H30O4. The molecule has 0 atom stereocenters. The van der Waals surface area contributed by atoms with Gasteiger partial charge in [-0.05, 0) is 68.2 Å². The highest BCUT2D eigenvalue weighted by molar-refractivity contribution is 6.00. The fourth-order valence-electron chi connectivity index (χ4n) is 3.65. The molecular weight excluding hydrogens is 424 g/mol. The number of hydrogen-bond acceptors (Lipinski definition) is 4. The highest BCUT2D eigenvalue weighted by Crippen LogP contribution is 2.34. The Morgan fingerprint density at radius 2 is 1.68 bits per heavy atom. The second-order valence-corrected chi connectivity index (χ2v) is 8.13. The van der Waals surface area contributed by atoms with Crippen molar-refractivity contribution in [1.29, 1.82) is 0 Å². The Balaban J connectivity index is 1.88. The Bertz CT molecular complexity index is 1210. The summed E-state index contributed by atoms with van der Waals surface area (Å²) >= 11 is 0. The average Bonchev–Trinajstić information content (AvgIpc) is 2.82. The molecule has 0 saturated heterocycles. The van der Waals surface area contributed by atoms with Gasteiger partial charge in [-0.2, -0.15) is 0 Å². The quantitative estimate of drug-likeness (QED) is 0.302. The summed E-state index contributed by atoms with van der Waals surface area (Å²) in [5, 5.41) is 0. The van der Waals surface area contributed by atoms with Crippen LogP contribution in [-0.2, 0) is 19.1 Å². The lowest BCUT2D eigenvalue weighted by Gasteiger charge is -2.19. The number of esters is 2. The fraction of sp³-hybridized carbons (Fsp3) is 0.267. The largest absolute Gasteiger partial charge is 0.463 e. The van der Waals surface area contributed by atoms with E-state index in [0.717, 1.165) is 33.4 Å². The molecule has 0 aliphatic heterocycles. The molecule has 1 aliphatic rings. The smallest absolute Gasteiger partial charge is 0.334 e. The van der Waals surface area contributed by atoms with Crippen LogP contribution in [0.3, 0.4) is 0 Å². The monoisotopic (exact) mass is 454 g/mol. The molecule has 34 heavy (non-hydrogen) atoms. The standard InChI is InChI=1S/C30H30O4/c1-5-33-29(31)26(18-23-14-11-21(3)12-15-23)10-8-7-9-24-19-27(30(32)34-6-2)20-25-16-13-22(4)17-28(24)25/h9,11-18,20H,5-6,10,19H2,1-4H3. The minimum Gasteiger partial charge on any atom is -0.463 e. The number of carbonyl (C=O) groups is 2. The average molecular weight is 455 g/mol. The van der Waals surface area contributed by atoms with Gasteiger partial charge in [0.25, 0.3) is 0 Å². The normalized spacial score (nSPS) is 13.9. The maximum atomic E-state index is 12.5. The van der Waals surface area contributed by atoms with Crippen LogP contribution in [0.25, 0.3) is 17.7 Å². The van der Waals surface area contributed by atoms with Gasteiger partial charge in [-0.1, -0.05) is 65.4 Å². The summed E-state index contributed by atoms with van der Waals surface area (Å²) in [6.07, 6.45) is 6.26. The van der Waals surface area contributed by atoms with Gasteiger partial charge in [0.2, 0.25) is 0 Å². The minimum atomic E-state index is -0.365. The van der Waals surface area contributed by atoms with Gasteiger partial charge in [0.05, 0.1) is 13.2 Å². The van der Waals surface area contributed by atoms with Crippen molar-refractivity contribution in [3.8, 4) is 11.8 Å². The Hall–Kier alpha value is -3.84. The summed E-state index contributed by atoms with van der Waals surface area (Å²) in [5.41, 5.74) is 7.31. The first kappa shape index (κ1) is 24.8. The van der Waals surface area contributed by atoms with Gasteiger partial charge < -0.3 is 9.47 Å². The maximum absolute atomic E-state index is 12.5. The zero-order chi connectivity index (χ0) is 24.5. The number of rotatable bonds is 6. The molecule has 0 amide bonds. The van der Waals surface area contributed by atoms with Crippen LogP contribution in [0.15, 0.2) is 59.7 Å². The molecule has 0 spiro atoms. The predicted molar refractivity (Wildman–Crippen MR) is 137 cm³/mol. The van der Waals surface area contributed by atoms with Crippen molar-refractivity contribution in [3.63, 3.8) is 0 Å². The first-order chi connectivity index (χ1) is 16.4. The van der Waals surface area contributed by atoms with E-state index in [1.165, 1.54) is 0 Å². The van der Waals surface area contributed by atoms with Crippen molar-refractivity contribution in [2.24, 2.45) is 0 Å². The van der Waals surface area contributed by atoms with Gasteiger partial charge in [-0.3, -0.25) is 0 Å². The van der Waals surface area contributed by atoms with Crippen LogP contribution in [0, 0.1) is 25.7 Å². The fourth-order valence-corrected chi connectivity index (χ4v) is 3.65. The minimum absolute atomic E-state index is 0.262. The molecule has 2 aromatic rings. The van der Waals surface area contributed by atoms with E-state index in [-0.39, 0.29) is 18.4 Å². The molecule has 0 radical (unpaired) electrons. The third kappa shape index (κ3) is 6.59. The summed E-state index contributed by atoms with van der Waals surface area (Å²) in [4.78, 5) is 24.8. The number of carbonyl (C=O) groups excluding carboxylic acids is 2. The maximum Gasteiger partial charge on any atom is 0.334 e. The Labute approximate surface area is 202 Å². The molecule has 0 N–H and O–H groups in total. The van der Waals surface area contributed by atoms with Crippen molar-refractivity contribution in [2.45, 2.75) is 40.5 Å². The molecule has 4 heteroatoms. The van der Waals surface area contributed by atoms with Gasteiger partial charge in [-0.15, -0.1) is 0 Å². The molecule has 4 nitrogen and oxygen atoms in total. The van der Waals surface area contributed by atoms with E-state index in [0.29, 0.717) is 30.8 Å². The summed E-state index contributed by atoms with van der Waals surface area (Å²) in [5.74, 6) is 5.50. The topological polar surface area (TPSA) is 52.6 Å². The van der Waals surface area contributed by atoms with Crippen LogP contribution in [-0.4, -0.2) is 25.2 Å². The van der Waals surface area contributed by atoms with Crippen molar-refractivity contribution in [2.75, 3.05) is 13.2 Å². The van der Waals surface area contributed by atoms with Gasteiger partial charge in [-0.25, -0.2) is 9.59 Å². The molecule has 0 heterocycles. The number of fused-ring (bicyclic) bond motifs is 1. The predicted octanol–water partition coefficient (Wildman–Crippen LogP) is 6.08. The van der Waals surface area contributed by atoms with Crippen molar-refractivity contribution in [1.82, 2.24) is 0 Å². The van der Waals surface area contributed by atoms with Crippen LogP contribution in [0.5, 0.6) is 0 Å². The van der Waals surface area contributed by atoms with E-state index in [1.807, 2.05) is 68.5 Å². The van der Waals surface area contributed by atoms with E-state index < -0.39 is 0 Å². The highest BCUT2D eigenvalue weighted by atomic mass is 16.5. The molecule has 2 aromatic carbocycles. The first-order valence-corrected chi connectivity index (χ1v) is 11.5. The third-order valence-corrected chi connectivity index (χ3v) is 5.39. The van der Waals surface area contributed by atoms with Gasteiger partial charge in [0.15, 0.2) is 0 Å². The van der Waals surface area contributed by atoms with Gasteiger partial charge in [0, 0.05) is 24.0 Å². The Morgan fingerprint density at radius 1 is 0.971 bits per heavy atom. The lowest BCUT2D eigenvalue weighted by atomic mass is 9.86. The van der Waals surface area contributed by atoms with Gasteiger partial charge >= 0.3 is 11.9 Å². The molecule has 0 fully saturated rings. The Kier molecular flexibility index (Phi) is 8.65. The zero-order valence-corrected chi connectivity index (χ0v) is 20.2. The molecule has 0 unspecified atom stereocenters. The van der Waals surface area contributed by atoms with Crippen LogP contribution in [0.1, 0.15) is 54.5 Å². The van der Waals surface area contributed by atoms with Crippen LogP contribution >= 0.6 is 0 Å². The van der Waals surface area contributed by atoms with Crippen LogP contribution in [0.4, 0.5) is 0 Å². The van der Waals surface area contributed by atoms with Crippen molar-refractivity contribution < 1.29 is 19.1 Å². The molecule has 0 bridgehead atoms. The highest BCUT2D eigenvalue weighted by Gasteiger charge is 2.20. The van der Waals surface area contributed by atoms with E-state index in [1.54, 1.807) is 13.8 Å². The van der Waals surface area contributed by atoms with E-state index in [2.05, 4.69) is 17.9 Å². The second kappa shape index (κ2) is 11.9. The molecule has 0 saturated carbocycles. The molecule has 0 aromatic heterocycles. The third-order valence-electron chi connectivity index (χ3n) is 5.39. The zero-order valence-electron chi connectivity index (χ0n) is 20.2. The number of allylic oxidation sites excluding steroid dienone is 2. The van der Waals surface area contributed by atoms with Crippen molar-refractivity contribution >= 4 is 29.7 Å². The van der Waals surface area contributed by atoms with E-state index >= 15 is 0 Å². The molecule has 1 aliphatic carbocycles. The van der Waals surface area contributed by atoms with Crippen LogP contribution in [0.2, 0.25) is 0 Å². The number of aryl methyl sites for hydroxylation is 2. The van der Waals surface area contributed by atoms with Gasteiger partial charge in [0.1, 0.15) is 0 Å². The number of ether oxygens (including phenoxy) is 2. The summed E-state index contributed by atoms with van der Waals surface area (Å²) in [6, 6.07) is 14.1. The lowest BCUT2D eigenvalue weighted by Crippen LogP contribution is -2.11. The molecule has 3 rings (SSSR count). The van der Waals surface area contributed by atoms with E-state index in [4.69, 9.17) is 9.47 Å². The number of hydrogen-bond donors (Lipinski definition) is 0. The SMILES string of the molecule is CCOC(=O)C(=Cc1ccc(C)cc1)CC#CC=C1CC(C(=O)OCC)=Cc2ccc(C)cc21. The summed E-state index contributed by atoms with van der Waals surface area (Å²) < 4.78 is 10.4. The Morgan fingerprint density at radius 3 is 2.38 bits per heavy atom. The van der Waals surface area contributed by atoms with Crippen LogP contribution < -0.4 is 0 Å². The van der Waals surface area contributed by atoms with Crippen molar-refractivity contribution in [3.05, 3.63) is 87.5 Å². The summed E-state index contributed by atoms with van der Waals surface area (Å²) in [6.45, 7) is 8.28.